The molecule has 1 N–H and O–H groups in total. The number of rotatable bonds is 10. The maximum absolute atomic E-state index is 8.88. The van der Waals surface area contributed by atoms with Crippen molar-refractivity contribution in [3.05, 3.63) is 57.9 Å². The number of aliphatic hydroxyl groups is 1. The predicted molar refractivity (Wildman–Crippen MR) is 117 cm³/mol. The lowest BCUT2D eigenvalue weighted by molar-refractivity contribution is 0.0580. The zero-order valence-electron chi connectivity index (χ0n) is 18.7. The molecule has 2 nitrogen and oxygen atoms in total. The van der Waals surface area contributed by atoms with Crippen molar-refractivity contribution in [3.8, 4) is 0 Å². The van der Waals surface area contributed by atoms with Gasteiger partial charge in [-0.25, -0.2) is 0 Å². The topological polar surface area (TPSA) is 29.5 Å². The van der Waals surface area contributed by atoms with Crippen molar-refractivity contribution in [1.82, 2.24) is 0 Å². The van der Waals surface area contributed by atoms with Crippen LogP contribution in [-0.2, 0) is 17.6 Å². The minimum Gasteiger partial charge on any atom is -0.489 e. The molecular weight excluding hydrogens is 332 g/mol. The van der Waals surface area contributed by atoms with Gasteiger partial charge in [-0.2, -0.15) is 0 Å². The van der Waals surface area contributed by atoms with Crippen molar-refractivity contribution >= 4 is 0 Å². The van der Waals surface area contributed by atoms with Gasteiger partial charge in [0.15, 0.2) is 0 Å². The highest BCUT2D eigenvalue weighted by molar-refractivity contribution is 5.40. The van der Waals surface area contributed by atoms with Gasteiger partial charge in [0.05, 0.1) is 0 Å². The second kappa shape index (κ2) is 10.7. The van der Waals surface area contributed by atoms with E-state index in [2.05, 4.69) is 67.2 Å². The van der Waals surface area contributed by atoms with Crippen LogP contribution < -0.4 is 0 Å². The zero-order valence-corrected chi connectivity index (χ0v) is 18.7. The molecule has 152 valence electrons. The molecule has 0 bridgehead atoms. The molecule has 0 spiro atoms. The van der Waals surface area contributed by atoms with Crippen molar-refractivity contribution in [3.63, 3.8) is 0 Å². The number of aryl methyl sites for hydroxylation is 3. The fourth-order valence-corrected chi connectivity index (χ4v) is 3.28. The molecule has 2 heteroatoms. The van der Waals surface area contributed by atoms with Gasteiger partial charge in [0, 0.05) is 6.61 Å². The van der Waals surface area contributed by atoms with Crippen molar-refractivity contribution in [2.24, 2.45) is 0 Å². The molecule has 0 fully saturated rings. The monoisotopic (exact) mass is 372 g/mol. The largest absolute Gasteiger partial charge is 0.489 e. The van der Waals surface area contributed by atoms with E-state index in [9.17, 15) is 0 Å². The molecular formula is C25H40O2. The van der Waals surface area contributed by atoms with E-state index in [1.807, 2.05) is 0 Å². The van der Waals surface area contributed by atoms with Crippen LogP contribution in [0.25, 0.3) is 0 Å². The molecule has 1 aromatic carbocycles. The van der Waals surface area contributed by atoms with Crippen molar-refractivity contribution < 1.29 is 9.84 Å². The smallest absolute Gasteiger partial charge is 0.115 e. The lowest BCUT2D eigenvalue weighted by atomic mass is 9.92. The van der Waals surface area contributed by atoms with E-state index >= 15 is 0 Å². The molecule has 0 aromatic heterocycles. The van der Waals surface area contributed by atoms with Crippen molar-refractivity contribution in [1.29, 1.82) is 0 Å². The first-order valence-electron chi connectivity index (χ1n) is 10.3. The van der Waals surface area contributed by atoms with Crippen LogP contribution >= 0.6 is 0 Å². The first kappa shape index (κ1) is 23.5. The molecule has 0 aliphatic heterocycles. The minimum absolute atomic E-state index is 0.218. The Kier molecular flexibility index (Phi) is 9.32. The average Bonchev–Trinajstić information content (AvgIpc) is 2.56. The average molecular weight is 373 g/mol. The summed E-state index contributed by atoms with van der Waals surface area (Å²) in [4.78, 5) is 0. The van der Waals surface area contributed by atoms with Crippen LogP contribution in [0.1, 0.15) is 82.6 Å². The van der Waals surface area contributed by atoms with E-state index in [0.717, 1.165) is 37.0 Å². The highest BCUT2D eigenvalue weighted by atomic mass is 16.5. The standard InChI is InChI=1S/C25H40O2/c1-18(21(4)22(5)27-25(6,7)8)15-24-17-19(2)23(16-20(24)3)13-11-9-10-12-14-26/h16-17,26H,5,9-15H2,1-4,6-8H3/b21-18+. The first-order chi connectivity index (χ1) is 12.5. The first-order valence-corrected chi connectivity index (χ1v) is 10.3. The highest BCUT2D eigenvalue weighted by Gasteiger charge is 2.15. The molecule has 27 heavy (non-hydrogen) atoms. The van der Waals surface area contributed by atoms with Gasteiger partial charge in [0.25, 0.3) is 0 Å². The molecule has 0 amide bonds. The number of hydrogen-bond acceptors (Lipinski definition) is 2. The Balaban J connectivity index is 2.82. The summed E-state index contributed by atoms with van der Waals surface area (Å²) in [7, 11) is 0. The Morgan fingerprint density at radius 2 is 1.52 bits per heavy atom. The Labute approximate surface area is 167 Å². The predicted octanol–water partition coefficient (Wildman–Crippen LogP) is 6.61. The molecule has 0 unspecified atom stereocenters. The van der Waals surface area contributed by atoms with Crippen molar-refractivity contribution in [2.75, 3.05) is 6.61 Å². The fourth-order valence-electron chi connectivity index (χ4n) is 3.28. The van der Waals surface area contributed by atoms with Gasteiger partial charge in [-0.1, -0.05) is 37.1 Å². The van der Waals surface area contributed by atoms with Crippen LogP contribution in [0.2, 0.25) is 0 Å². The molecule has 1 aromatic rings. The van der Waals surface area contributed by atoms with Crippen LogP contribution in [0.5, 0.6) is 0 Å². The van der Waals surface area contributed by atoms with Crippen molar-refractivity contribution in [2.45, 2.75) is 92.6 Å². The number of hydrogen-bond donors (Lipinski definition) is 1. The SMILES string of the molecule is C=C(OC(C)(C)C)/C(C)=C(\C)Cc1cc(C)c(CCCCCCO)cc1C. The van der Waals surface area contributed by atoms with E-state index in [-0.39, 0.29) is 5.60 Å². The molecule has 0 atom stereocenters. The van der Waals surface area contributed by atoms with Gasteiger partial charge in [-0.3, -0.25) is 0 Å². The molecule has 0 saturated heterocycles. The maximum atomic E-state index is 8.88. The van der Waals surface area contributed by atoms with Gasteiger partial charge in [-0.15, -0.1) is 0 Å². The lowest BCUT2D eigenvalue weighted by Crippen LogP contribution is -2.19. The van der Waals surface area contributed by atoms with E-state index in [0.29, 0.717) is 6.61 Å². The summed E-state index contributed by atoms with van der Waals surface area (Å²) in [6.45, 7) is 19.3. The number of allylic oxidation sites excluding steroid dienone is 2. The maximum Gasteiger partial charge on any atom is 0.115 e. The summed E-state index contributed by atoms with van der Waals surface area (Å²) in [5.41, 5.74) is 7.83. The summed E-state index contributed by atoms with van der Waals surface area (Å²) < 4.78 is 5.94. The third-order valence-electron chi connectivity index (χ3n) is 5.09. The summed E-state index contributed by atoms with van der Waals surface area (Å²) in [6, 6.07) is 4.71. The Morgan fingerprint density at radius 1 is 0.963 bits per heavy atom. The molecule has 0 saturated carbocycles. The van der Waals surface area contributed by atoms with Crippen LogP contribution in [0.15, 0.2) is 35.6 Å². The summed E-state index contributed by atoms with van der Waals surface area (Å²) >= 11 is 0. The van der Waals surface area contributed by atoms with Crippen LogP contribution in [0.4, 0.5) is 0 Å². The fraction of sp³-hybridized carbons (Fsp3) is 0.600. The molecule has 0 aliphatic rings. The Morgan fingerprint density at radius 3 is 2.11 bits per heavy atom. The molecule has 0 radical (unpaired) electrons. The number of ether oxygens (including phenoxy) is 1. The van der Waals surface area contributed by atoms with Crippen LogP contribution in [0, 0.1) is 13.8 Å². The minimum atomic E-state index is -0.218. The molecule has 0 aliphatic carbocycles. The van der Waals surface area contributed by atoms with E-state index in [4.69, 9.17) is 9.84 Å². The van der Waals surface area contributed by atoms with E-state index in [1.54, 1.807) is 0 Å². The number of benzene rings is 1. The lowest BCUT2D eigenvalue weighted by Gasteiger charge is -2.24. The second-order valence-corrected chi connectivity index (χ2v) is 8.81. The van der Waals surface area contributed by atoms with Gasteiger partial charge in [-0.05, 0) is 102 Å². The summed E-state index contributed by atoms with van der Waals surface area (Å²) in [6.07, 6.45) is 6.49. The summed E-state index contributed by atoms with van der Waals surface area (Å²) in [5, 5.41) is 8.88. The Bertz CT molecular complexity index is 660. The normalized spacial score (nSPS) is 12.7. The molecule has 1 rings (SSSR count). The number of aliphatic hydroxyl groups excluding tert-OH is 1. The van der Waals surface area contributed by atoms with Crippen LogP contribution in [0.3, 0.4) is 0 Å². The number of unbranched alkanes of at least 4 members (excludes halogenated alkanes) is 3. The second-order valence-electron chi connectivity index (χ2n) is 8.81. The van der Waals surface area contributed by atoms with Gasteiger partial charge in [0.2, 0.25) is 0 Å². The van der Waals surface area contributed by atoms with E-state index in [1.165, 1.54) is 40.7 Å². The van der Waals surface area contributed by atoms with Gasteiger partial charge >= 0.3 is 0 Å². The molecule has 0 heterocycles. The van der Waals surface area contributed by atoms with Gasteiger partial charge < -0.3 is 9.84 Å². The van der Waals surface area contributed by atoms with Gasteiger partial charge in [0.1, 0.15) is 11.4 Å². The zero-order chi connectivity index (χ0) is 20.6. The quantitative estimate of drug-likeness (QED) is 0.284. The third kappa shape index (κ3) is 8.34. The Hall–Kier alpha value is -1.54. The summed E-state index contributed by atoms with van der Waals surface area (Å²) in [5.74, 6) is 0.772. The highest BCUT2D eigenvalue weighted by Crippen LogP contribution is 2.25. The third-order valence-corrected chi connectivity index (χ3v) is 5.09. The van der Waals surface area contributed by atoms with E-state index < -0.39 is 0 Å². The van der Waals surface area contributed by atoms with Crippen LogP contribution in [-0.4, -0.2) is 17.3 Å².